The number of aromatic amines is 1. The van der Waals surface area contributed by atoms with Gasteiger partial charge in [-0.25, -0.2) is 28.1 Å². The number of anilines is 1. The number of pyridine rings is 1. The van der Waals surface area contributed by atoms with Gasteiger partial charge in [0.1, 0.15) is 23.4 Å². The summed E-state index contributed by atoms with van der Waals surface area (Å²) in [5.74, 6) is -5.88. The van der Waals surface area contributed by atoms with Crippen LogP contribution in [0.15, 0.2) is 61.2 Å². The first kappa shape index (κ1) is 29.0. The fraction of sp³-hybridized carbons (Fsp3) is 0.267. The number of carbonyl (C=O) groups is 2. The van der Waals surface area contributed by atoms with E-state index in [0.717, 1.165) is 6.07 Å². The molecule has 1 aromatic carbocycles. The molecule has 3 aromatic heterocycles. The molecule has 44 heavy (non-hydrogen) atoms. The Balaban J connectivity index is 0.00000400. The second-order valence-electron chi connectivity index (χ2n) is 10.7. The summed E-state index contributed by atoms with van der Waals surface area (Å²) < 4.78 is 55.8. The van der Waals surface area contributed by atoms with Crippen molar-refractivity contribution in [3.8, 4) is 11.3 Å². The molecule has 1 aliphatic heterocycles. The van der Waals surface area contributed by atoms with Gasteiger partial charge in [0.05, 0.1) is 29.6 Å². The summed E-state index contributed by atoms with van der Waals surface area (Å²) in [5.41, 5.74) is 1.64. The maximum Gasteiger partial charge on any atom is 0.260 e. The van der Waals surface area contributed by atoms with Crippen LogP contribution in [-0.2, 0) is 4.79 Å². The first-order chi connectivity index (χ1) is 21.1. The second kappa shape index (κ2) is 11.5. The average Bonchev–Trinajstić information content (AvgIpc) is 3.32. The molecule has 6 rings (SSSR count). The van der Waals surface area contributed by atoms with Crippen molar-refractivity contribution in [2.24, 2.45) is 5.92 Å². The highest BCUT2D eigenvalue weighted by atomic mass is 19.3. The van der Waals surface area contributed by atoms with Crippen molar-refractivity contribution in [3.05, 3.63) is 90.0 Å². The predicted molar refractivity (Wildman–Crippen MR) is 154 cm³/mol. The molecule has 4 aromatic rings. The molecule has 1 aliphatic carbocycles. The first-order valence-corrected chi connectivity index (χ1v) is 13.8. The van der Waals surface area contributed by atoms with Crippen molar-refractivity contribution in [3.63, 3.8) is 0 Å². The Morgan fingerprint density at radius 3 is 2.50 bits per heavy atom. The fourth-order valence-electron chi connectivity index (χ4n) is 5.25. The SMILES string of the molecule is N=C(/C=C\c1ncc(NC(=O)c2ccnc(F)c2)[nH]1)c1c(-c2ccc(F)cc2)ncn1C1CCN(C(=O)C2CC2(F)F)CC1.[HH]. The number of rotatable bonds is 8. The van der Waals surface area contributed by atoms with E-state index in [1.807, 2.05) is 4.57 Å². The third kappa shape index (κ3) is 6.00. The molecule has 1 atom stereocenters. The van der Waals surface area contributed by atoms with Crippen LogP contribution in [0.5, 0.6) is 0 Å². The lowest BCUT2D eigenvalue weighted by atomic mass is 10.0. The fourth-order valence-corrected chi connectivity index (χ4v) is 5.25. The zero-order valence-corrected chi connectivity index (χ0v) is 23.1. The number of aromatic nitrogens is 5. The molecular weight excluding hydrogens is 580 g/mol. The van der Waals surface area contributed by atoms with Crippen LogP contribution in [0.25, 0.3) is 17.3 Å². The van der Waals surface area contributed by atoms with Gasteiger partial charge in [0.25, 0.3) is 11.8 Å². The van der Waals surface area contributed by atoms with Crippen molar-refractivity contribution in [1.82, 2.24) is 29.4 Å². The van der Waals surface area contributed by atoms with Crippen molar-refractivity contribution in [2.45, 2.75) is 31.2 Å². The number of hydrogen-bond donors (Lipinski definition) is 3. The van der Waals surface area contributed by atoms with E-state index in [2.05, 4.69) is 25.3 Å². The highest BCUT2D eigenvalue weighted by molar-refractivity contribution is 6.11. The third-order valence-corrected chi connectivity index (χ3v) is 7.70. The Kier molecular flexibility index (Phi) is 7.57. The molecule has 0 spiro atoms. The highest BCUT2D eigenvalue weighted by Gasteiger charge is 2.62. The van der Waals surface area contributed by atoms with E-state index in [9.17, 15) is 27.2 Å². The summed E-state index contributed by atoms with van der Waals surface area (Å²) >= 11 is 0. The Bertz CT molecular complexity index is 1760. The lowest BCUT2D eigenvalue weighted by molar-refractivity contribution is -0.136. The molecule has 14 heteroatoms. The van der Waals surface area contributed by atoms with Gasteiger partial charge in [0.2, 0.25) is 11.9 Å². The van der Waals surface area contributed by atoms with Crippen LogP contribution in [0, 0.1) is 23.1 Å². The molecule has 0 bridgehead atoms. The summed E-state index contributed by atoms with van der Waals surface area (Å²) in [7, 11) is 0. The van der Waals surface area contributed by atoms with E-state index >= 15 is 0 Å². The van der Waals surface area contributed by atoms with E-state index in [1.165, 1.54) is 47.6 Å². The number of piperidine rings is 1. The predicted octanol–water partition coefficient (Wildman–Crippen LogP) is 5.34. The number of halogens is 4. The van der Waals surface area contributed by atoms with Gasteiger partial charge in [0.15, 0.2) is 0 Å². The molecule has 10 nitrogen and oxygen atoms in total. The summed E-state index contributed by atoms with van der Waals surface area (Å²) in [5, 5.41) is 11.5. The summed E-state index contributed by atoms with van der Waals surface area (Å²) in [6.45, 7) is 0.603. The molecule has 0 radical (unpaired) electrons. The van der Waals surface area contributed by atoms with Crippen molar-refractivity contribution in [2.75, 3.05) is 18.4 Å². The van der Waals surface area contributed by atoms with Crippen molar-refractivity contribution in [1.29, 1.82) is 5.41 Å². The van der Waals surface area contributed by atoms with E-state index in [0.29, 0.717) is 48.7 Å². The molecule has 4 heterocycles. The minimum Gasteiger partial charge on any atom is -0.342 e. The van der Waals surface area contributed by atoms with Gasteiger partial charge >= 0.3 is 0 Å². The monoisotopic (exact) mass is 608 g/mol. The van der Waals surface area contributed by atoms with Gasteiger partial charge in [0, 0.05) is 50.4 Å². The average molecular weight is 609 g/mol. The van der Waals surface area contributed by atoms with E-state index < -0.39 is 41.8 Å². The topological polar surface area (TPSA) is 133 Å². The molecule has 2 fully saturated rings. The molecule has 3 N–H and O–H groups in total. The number of imidazole rings is 2. The molecule has 1 saturated carbocycles. The molecular formula is C30H28F4N8O2. The van der Waals surface area contributed by atoms with Crippen molar-refractivity contribution >= 4 is 29.4 Å². The van der Waals surface area contributed by atoms with Crippen LogP contribution < -0.4 is 5.32 Å². The number of H-pyrrole nitrogens is 1. The lowest BCUT2D eigenvalue weighted by Gasteiger charge is -2.33. The Hall–Kier alpha value is -5.14. The summed E-state index contributed by atoms with van der Waals surface area (Å²) in [6, 6.07) is 7.94. The zero-order valence-electron chi connectivity index (χ0n) is 23.1. The number of nitrogens with zero attached hydrogens (tertiary/aromatic N) is 5. The van der Waals surface area contributed by atoms with Crippen LogP contribution in [0.3, 0.4) is 0 Å². The Morgan fingerprint density at radius 2 is 1.82 bits per heavy atom. The number of alkyl halides is 2. The molecule has 228 valence electrons. The normalized spacial score (nSPS) is 18.0. The zero-order chi connectivity index (χ0) is 31.0. The van der Waals surface area contributed by atoms with Crippen LogP contribution in [0.2, 0.25) is 0 Å². The van der Waals surface area contributed by atoms with Crippen LogP contribution in [0.1, 0.15) is 48.6 Å². The molecule has 2 amide bonds. The van der Waals surface area contributed by atoms with E-state index in [4.69, 9.17) is 5.41 Å². The lowest BCUT2D eigenvalue weighted by Crippen LogP contribution is -2.41. The number of hydrogen-bond acceptors (Lipinski definition) is 6. The van der Waals surface area contributed by atoms with E-state index in [-0.39, 0.29) is 24.6 Å². The standard InChI is InChI=1S/C30H26F4N8O2.H2/c31-19-3-1-17(2-4-19)26-27(42(16-38-26)20-8-11-41(12-9-20)29(44)21-14-30(21,33)34)22(35)5-6-24-37-15-25(39-24)40-28(43)18-7-10-36-23(32)13-18;/h1-7,10,13,15-16,20-21,35H,8-9,11-12,14H2,(H,37,39)(H,40,43);1H/b6-5-,35-22?;. The van der Waals surface area contributed by atoms with E-state index in [1.54, 1.807) is 18.5 Å². The van der Waals surface area contributed by atoms with Gasteiger partial charge < -0.3 is 19.8 Å². The quantitative estimate of drug-likeness (QED) is 0.141. The number of benzene rings is 1. The Labute approximate surface area is 249 Å². The summed E-state index contributed by atoms with van der Waals surface area (Å²) in [4.78, 5) is 41.4. The maximum absolute atomic E-state index is 13.7. The van der Waals surface area contributed by atoms with Gasteiger partial charge in [-0.3, -0.25) is 15.0 Å². The highest BCUT2D eigenvalue weighted by Crippen LogP contribution is 2.50. The molecule has 2 aliphatic rings. The first-order valence-electron chi connectivity index (χ1n) is 13.8. The minimum atomic E-state index is -2.92. The minimum absolute atomic E-state index is 0. The van der Waals surface area contributed by atoms with Crippen LogP contribution in [-0.4, -0.2) is 65.9 Å². The number of amides is 2. The largest absolute Gasteiger partial charge is 0.342 e. The number of likely N-dealkylation sites (tertiary alicyclic amines) is 1. The van der Waals surface area contributed by atoms with Gasteiger partial charge in [-0.2, -0.15) is 4.39 Å². The van der Waals surface area contributed by atoms with Crippen LogP contribution in [0.4, 0.5) is 23.4 Å². The number of allylic oxidation sites excluding steroid dienone is 1. The maximum atomic E-state index is 13.7. The Morgan fingerprint density at radius 1 is 1.09 bits per heavy atom. The van der Waals surface area contributed by atoms with Crippen molar-refractivity contribution < 1.29 is 28.6 Å². The molecule has 1 unspecified atom stereocenters. The number of nitrogens with one attached hydrogen (secondary N) is 3. The smallest absolute Gasteiger partial charge is 0.260 e. The molecule has 1 saturated heterocycles. The van der Waals surface area contributed by atoms with Gasteiger partial charge in [-0.05, 0) is 55.3 Å². The summed E-state index contributed by atoms with van der Waals surface area (Å²) in [6.07, 6.45) is 7.74. The third-order valence-electron chi connectivity index (χ3n) is 7.70. The second-order valence-corrected chi connectivity index (χ2v) is 10.7. The van der Waals surface area contributed by atoms with Gasteiger partial charge in [-0.1, -0.05) is 0 Å². The van der Waals surface area contributed by atoms with Gasteiger partial charge in [-0.15, -0.1) is 0 Å². The van der Waals surface area contributed by atoms with Crippen LogP contribution >= 0.6 is 0 Å². The number of carbonyl (C=O) groups excluding carboxylic acids is 2.